The van der Waals surface area contributed by atoms with Crippen molar-refractivity contribution in [3.05, 3.63) is 12.7 Å². The number of rotatable bonds is 10. The zero-order valence-corrected chi connectivity index (χ0v) is 20.9. The third-order valence-corrected chi connectivity index (χ3v) is 7.57. The van der Waals surface area contributed by atoms with Gasteiger partial charge in [-0.1, -0.05) is 19.9 Å². The number of aliphatic hydroxyl groups excluding tert-OH is 1. The van der Waals surface area contributed by atoms with E-state index >= 15 is 0 Å². The first-order valence-corrected chi connectivity index (χ1v) is 12.2. The number of likely N-dealkylation sites (tertiary alicyclic amines) is 1. The Kier molecular flexibility index (Phi) is 7.30. The molecule has 1 N–H and O–H groups in total. The zero-order chi connectivity index (χ0) is 24.7. The normalized spacial score (nSPS) is 33.5. The van der Waals surface area contributed by atoms with Crippen LogP contribution in [0.2, 0.25) is 0 Å². The molecule has 3 saturated heterocycles. The average molecular weight is 465 g/mol. The molecule has 8 nitrogen and oxygen atoms in total. The van der Waals surface area contributed by atoms with E-state index in [2.05, 4.69) is 6.58 Å². The van der Waals surface area contributed by atoms with Gasteiger partial charge >= 0.3 is 5.97 Å². The fourth-order valence-corrected chi connectivity index (χ4v) is 6.30. The van der Waals surface area contributed by atoms with Gasteiger partial charge in [0.2, 0.25) is 11.8 Å². The van der Waals surface area contributed by atoms with Crippen molar-refractivity contribution >= 4 is 17.8 Å². The van der Waals surface area contributed by atoms with E-state index in [0.29, 0.717) is 25.8 Å². The molecule has 8 heteroatoms. The van der Waals surface area contributed by atoms with Gasteiger partial charge in [0.15, 0.2) is 0 Å². The Morgan fingerprint density at radius 2 is 2.00 bits per heavy atom. The Morgan fingerprint density at radius 1 is 1.33 bits per heavy atom. The smallest absolute Gasteiger partial charge is 0.312 e. The molecule has 3 rings (SSSR count). The van der Waals surface area contributed by atoms with E-state index in [1.807, 2.05) is 34.6 Å². The standard InChI is InChI=1S/C25H40N2O6/c1-8-12-26(16(5)6)22(30)20-25-11-10-24(7,33-25)19(23(31)32-9-2)18(25)21(29)27(20)17(14-28)13-15(3)4/h8,15-20,28H,1,9-14H2,2-7H3/t17-,18+,19+,20?,24-,25?/m1/s1. The van der Waals surface area contributed by atoms with E-state index in [1.165, 1.54) is 0 Å². The van der Waals surface area contributed by atoms with Crippen molar-refractivity contribution in [3.63, 3.8) is 0 Å². The fourth-order valence-electron chi connectivity index (χ4n) is 6.30. The van der Waals surface area contributed by atoms with Gasteiger partial charge in [-0.25, -0.2) is 0 Å². The number of nitrogens with zero attached hydrogens (tertiary/aromatic N) is 2. The van der Waals surface area contributed by atoms with Gasteiger partial charge < -0.3 is 24.4 Å². The Hall–Kier alpha value is -1.93. The highest BCUT2D eigenvalue weighted by atomic mass is 16.6. The molecular formula is C25H40N2O6. The molecule has 0 aromatic carbocycles. The summed E-state index contributed by atoms with van der Waals surface area (Å²) in [6.07, 6.45) is 3.28. The van der Waals surface area contributed by atoms with Crippen molar-refractivity contribution in [2.75, 3.05) is 19.8 Å². The lowest BCUT2D eigenvalue weighted by Crippen LogP contribution is -2.60. The molecule has 0 aliphatic carbocycles. The third kappa shape index (κ3) is 3.99. The number of fused-ring (bicyclic) bond motifs is 1. The molecule has 3 heterocycles. The number of hydrogen-bond donors (Lipinski definition) is 1. The minimum absolute atomic E-state index is 0.115. The maximum Gasteiger partial charge on any atom is 0.312 e. The van der Waals surface area contributed by atoms with Crippen LogP contribution in [0, 0.1) is 17.8 Å². The lowest BCUT2D eigenvalue weighted by atomic mass is 9.66. The number of carbonyl (C=O) groups excluding carboxylic acids is 3. The number of ether oxygens (including phenoxy) is 2. The maximum absolute atomic E-state index is 14.1. The first kappa shape index (κ1) is 25.7. The Balaban J connectivity index is 2.14. The van der Waals surface area contributed by atoms with Gasteiger partial charge in [-0.05, 0) is 52.9 Å². The van der Waals surface area contributed by atoms with E-state index in [9.17, 15) is 19.5 Å². The summed E-state index contributed by atoms with van der Waals surface area (Å²) in [5.41, 5.74) is -1.97. The van der Waals surface area contributed by atoms with Gasteiger partial charge in [-0.2, -0.15) is 0 Å². The number of esters is 1. The van der Waals surface area contributed by atoms with Crippen LogP contribution in [0.25, 0.3) is 0 Å². The second-order valence-electron chi connectivity index (χ2n) is 10.6. The highest BCUT2D eigenvalue weighted by Crippen LogP contribution is 2.63. The maximum atomic E-state index is 14.1. The summed E-state index contributed by atoms with van der Waals surface area (Å²) in [4.78, 5) is 44.4. The average Bonchev–Trinajstić information content (AvgIpc) is 3.30. The summed E-state index contributed by atoms with van der Waals surface area (Å²) in [7, 11) is 0. The zero-order valence-electron chi connectivity index (χ0n) is 20.9. The van der Waals surface area contributed by atoms with Gasteiger partial charge in [0.1, 0.15) is 17.6 Å². The molecule has 0 aromatic rings. The molecule has 3 aliphatic heterocycles. The molecule has 2 amide bonds. The first-order chi connectivity index (χ1) is 15.5. The lowest BCUT2D eigenvalue weighted by Gasteiger charge is -2.40. The number of hydrogen-bond acceptors (Lipinski definition) is 6. The minimum atomic E-state index is -1.11. The highest BCUT2D eigenvalue weighted by molar-refractivity contribution is 5.98. The molecule has 3 aliphatic rings. The molecule has 0 saturated carbocycles. The van der Waals surface area contributed by atoms with E-state index in [0.717, 1.165) is 0 Å². The molecule has 0 radical (unpaired) electrons. The van der Waals surface area contributed by atoms with Gasteiger partial charge in [0, 0.05) is 12.6 Å². The van der Waals surface area contributed by atoms with Gasteiger partial charge in [-0.3, -0.25) is 14.4 Å². The molecule has 186 valence electrons. The Bertz CT molecular complexity index is 798. The molecule has 3 fully saturated rings. The predicted molar refractivity (Wildman–Crippen MR) is 123 cm³/mol. The first-order valence-electron chi connectivity index (χ1n) is 12.2. The molecule has 0 aromatic heterocycles. The molecule has 2 bridgehead atoms. The largest absolute Gasteiger partial charge is 0.466 e. The van der Waals surface area contributed by atoms with Crippen molar-refractivity contribution in [3.8, 4) is 0 Å². The van der Waals surface area contributed by atoms with E-state index < -0.39 is 41.1 Å². The van der Waals surface area contributed by atoms with Crippen molar-refractivity contribution in [1.82, 2.24) is 9.80 Å². The number of carbonyl (C=O) groups is 3. The van der Waals surface area contributed by atoms with Crippen LogP contribution in [0.15, 0.2) is 12.7 Å². The number of amides is 2. The summed E-state index contributed by atoms with van der Waals surface area (Å²) in [6, 6.07) is -1.56. The summed E-state index contributed by atoms with van der Waals surface area (Å²) in [5.74, 6) is -2.35. The lowest BCUT2D eigenvalue weighted by molar-refractivity contribution is -0.162. The van der Waals surface area contributed by atoms with Crippen LogP contribution in [0.4, 0.5) is 0 Å². The monoisotopic (exact) mass is 464 g/mol. The van der Waals surface area contributed by atoms with Crippen LogP contribution in [0.1, 0.15) is 60.8 Å². The summed E-state index contributed by atoms with van der Waals surface area (Å²) in [6.45, 7) is 15.5. The molecular weight excluding hydrogens is 424 g/mol. The quantitative estimate of drug-likeness (QED) is 0.393. The second kappa shape index (κ2) is 9.37. The Labute approximate surface area is 197 Å². The number of aliphatic hydroxyl groups is 1. The van der Waals surface area contributed by atoms with Crippen LogP contribution < -0.4 is 0 Å². The van der Waals surface area contributed by atoms with Crippen LogP contribution in [0.3, 0.4) is 0 Å². The predicted octanol–water partition coefficient (Wildman–Crippen LogP) is 2.14. The van der Waals surface area contributed by atoms with Crippen molar-refractivity contribution in [2.45, 2.75) is 90.1 Å². The van der Waals surface area contributed by atoms with Crippen molar-refractivity contribution in [2.24, 2.45) is 17.8 Å². The fraction of sp³-hybridized carbons (Fsp3) is 0.800. The van der Waals surface area contributed by atoms with Crippen molar-refractivity contribution in [1.29, 1.82) is 0 Å². The van der Waals surface area contributed by atoms with Crippen LogP contribution in [0.5, 0.6) is 0 Å². The summed E-state index contributed by atoms with van der Waals surface area (Å²) in [5, 5.41) is 10.3. The molecule has 6 atom stereocenters. The van der Waals surface area contributed by atoms with E-state index in [4.69, 9.17) is 9.47 Å². The van der Waals surface area contributed by atoms with Crippen LogP contribution >= 0.6 is 0 Å². The molecule has 1 spiro atoms. The van der Waals surface area contributed by atoms with E-state index in [-0.39, 0.29) is 37.0 Å². The Morgan fingerprint density at radius 3 is 2.52 bits per heavy atom. The van der Waals surface area contributed by atoms with Crippen LogP contribution in [-0.4, -0.2) is 81.8 Å². The van der Waals surface area contributed by atoms with Gasteiger partial charge in [0.25, 0.3) is 0 Å². The van der Waals surface area contributed by atoms with Crippen molar-refractivity contribution < 1.29 is 29.0 Å². The summed E-state index contributed by atoms with van der Waals surface area (Å²) >= 11 is 0. The topological polar surface area (TPSA) is 96.4 Å². The SMILES string of the molecule is C=CCN(C(=O)C1N([C@@H](CO)CC(C)C)C(=O)[C@@H]2[C@@H](C(=O)OCC)[C@@]3(C)CCC12O3)C(C)C. The minimum Gasteiger partial charge on any atom is -0.466 e. The summed E-state index contributed by atoms with van der Waals surface area (Å²) < 4.78 is 11.9. The van der Waals surface area contributed by atoms with E-state index in [1.54, 1.807) is 22.8 Å². The molecule has 2 unspecified atom stereocenters. The van der Waals surface area contributed by atoms with Crippen LogP contribution in [-0.2, 0) is 23.9 Å². The third-order valence-electron chi connectivity index (χ3n) is 7.57. The van der Waals surface area contributed by atoms with Gasteiger partial charge in [-0.15, -0.1) is 6.58 Å². The second-order valence-corrected chi connectivity index (χ2v) is 10.6. The van der Waals surface area contributed by atoms with Gasteiger partial charge in [0.05, 0.1) is 30.8 Å². The molecule has 33 heavy (non-hydrogen) atoms. The highest BCUT2D eigenvalue weighted by Gasteiger charge is 2.79.